The van der Waals surface area contributed by atoms with Crippen LogP contribution in [0.4, 0.5) is 0 Å². The number of hydrogen-bond acceptors (Lipinski definition) is 6. The van der Waals surface area contributed by atoms with Crippen molar-refractivity contribution in [2.45, 2.75) is 123 Å². The predicted molar refractivity (Wildman–Crippen MR) is 151 cm³/mol. The summed E-state index contributed by atoms with van der Waals surface area (Å²) in [5, 5.41) is 0. The van der Waals surface area contributed by atoms with E-state index in [1.807, 2.05) is 28.1 Å². The number of phosphoric acid groups is 1. The van der Waals surface area contributed by atoms with Gasteiger partial charge in [-0.3, -0.25) is 13.8 Å². The average molecular weight is 553 g/mol. The SMILES string of the molecule is CCCCCCCCCCCCCCCCOCC(COP(=O)(O)OCC[N+](C)(C)C)OC(=O)CCC. The molecule has 2 atom stereocenters. The molecule has 0 aromatic rings. The lowest BCUT2D eigenvalue weighted by atomic mass is 10.0. The summed E-state index contributed by atoms with van der Waals surface area (Å²) in [4.78, 5) is 21.9. The van der Waals surface area contributed by atoms with Crippen molar-refractivity contribution in [2.75, 3.05) is 54.1 Å². The van der Waals surface area contributed by atoms with E-state index in [-0.39, 0.29) is 32.2 Å². The number of rotatable bonds is 27. The van der Waals surface area contributed by atoms with Gasteiger partial charge in [0.2, 0.25) is 0 Å². The summed E-state index contributed by atoms with van der Waals surface area (Å²) < 4.78 is 34.0. The Kier molecular flexibility index (Phi) is 23.1. The van der Waals surface area contributed by atoms with Crippen LogP contribution in [0.5, 0.6) is 0 Å². The summed E-state index contributed by atoms with van der Waals surface area (Å²) >= 11 is 0. The van der Waals surface area contributed by atoms with Gasteiger partial charge in [-0.15, -0.1) is 0 Å². The lowest BCUT2D eigenvalue weighted by Gasteiger charge is -2.24. The zero-order valence-electron chi connectivity index (χ0n) is 24.7. The summed E-state index contributed by atoms with van der Waals surface area (Å²) in [5.74, 6) is -0.366. The Morgan fingerprint density at radius 1 is 0.730 bits per heavy atom. The second-order valence-electron chi connectivity index (χ2n) is 11.1. The highest BCUT2D eigenvalue weighted by Gasteiger charge is 2.26. The third kappa shape index (κ3) is 26.9. The Morgan fingerprint density at radius 2 is 1.24 bits per heavy atom. The van der Waals surface area contributed by atoms with E-state index in [1.54, 1.807) is 0 Å². The Bertz CT molecular complexity index is 583. The number of nitrogens with zero attached hydrogens (tertiary/aromatic N) is 1. The minimum Gasteiger partial charge on any atom is -0.457 e. The van der Waals surface area contributed by atoms with Crippen LogP contribution in [0.2, 0.25) is 0 Å². The van der Waals surface area contributed by atoms with Gasteiger partial charge in [0.15, 0.2) is 0 Å². The van der Waals surface area contributed by atoms with Crippen LogP contribution in [-0.2, 0) is 27.9 Å². The molecule has 9 heteroatoms. The molecule has 0 radical (unpaired) electrons. The number of likely N-dealkylation sites (N-methyl/N-ethyl adjacent to an activating group) is 1. The van der Waals surface area contributed by atoms with Crippen molar-refractivity contribution < 1.29 is 37.3 Å². The Morgan fingerprint density at radius 3 is 1.73 bits per heavy atom. The van der Waals surface area contributed by atoms with Crippen molar-refractivity contribution in [1.29, 1.82) is 0 Å². The Balaban J connectivity index is 3.96. The monoisotopic (exact) mass is 552 g/mol. The normalized spacial score (nSPS) is 14.4. The molecule has 0 bridgehead atoms. The first kappa shape index (κ1) is 36.5. The molecule has 0 amide bonds. The molecular weight excluding hydrogens is 493 g/mol. The predicted octanol–water partition coefficient (Wildman–Crippen LogP) is 7.04. The van der Waals surface area contributed by atoms with E-state index < -0.39 is 13.9 Å². The van der Waals surface area contributed by atoms with Crippen molar-refractivity contribution in [3.8, 4) is 0 Å². The summed E-state index contributed by atoms with van der Waals surface area (Å²) in [5.41, 5.74) is 0. The zero-order chi connectivity index (χ0) is 27.8. The lowest BCUT2D eigenvalue weighted by Crippen LogP contribution is -2.37. The van der Waals surface area contributed by atoms with Crippen LogP contribution in [0.3, 0.4) is 0 Å². The van der Waals surface area contributed by atoms with E-state index in [9.17, 15) is 14.3 Å². The van der Waals surface area contributed by atoms with E-state index in [1.165, 1.54) is 77.0 Å². The number of ether oxygens (including phenoxy) is 2. The van der Waals surface area contributed by atoms with E-state index in [4.69, 9.17) is 18.5 Å². The maximum atomic E-state index is 12.2. The number of esters is 1. The van der Waals surface area contributed by atoms with Crippen LogP contribution in [0.1, 0.15) is 117 Å². The van der Waals surface area contributed by atoms with Crippen LogP contribution < -0.4 is 0 Å². The van der Waals surface area contributed by atoms with Crippen LogP contribution in [0.25, 0.3) is 0 Å². The molecule has 222 valence electrons. The molecule has 0 aliphatic rings. The van der Waals surface area contributed by atoms with Crippen LogP contribution in [-0.4, -0.2) is 75.6 Å². The van der Waals surface area contributed by atoms with Crippen molar-refractivity contribution in [2.24, 2.45) is 0 Å². The van der Waals surface area contributed by atoms with Crippen LogP contribution in [0.15, 0.2) is 0 Å². The molecule has 1 N–H and O–H groups in total. The van der Waals surface area contributed by atoms with Gasteiger partial charge in [-0.1, -0.05) is 97.3 Å². The molecule has 0 fully saturated rings. The van der Waals surface area contributed by atoms with Gasteiger partial charge in [0.05, 0.1) is 34.4 Å². The topological polar surface area (TPSA) is 91.3 Å². The fraction of sp³-hybridized carbons (Fsp3) is 0.964. The second-order valence-corrected chi connectivity index (χ2v) is 12.6. The van der Waals surface area contributed by atoms with Gasteiger partial charge in [0.25, 0.3) is 0 Å². The van der Waals surface area contributed by atoms with Gasteiger partial charge in [0.1, 0.15) is 19.3 Å². The van der Waals surface area contributed by atoms with Crippen LogP contribution >= 0.6 is 7.82 Å². The van der Waals surface area contributed by atoms with Gasteiger partial charge < -0.3 is 18.9 Å². The first-order valence-corrected chi connectivity index (χ1v) is 16.3. The van der Waals surface area contributed by atoms with E-state index in [0.717, 1.165) is 12.8 Å². The summed E-state index contributed by atoms with van der Waals surface area (Å²) in [6.07, 6.45) is 18.4. The third-order valence-electron chi connectivity index (χ3n) is 6.14. The van der Waals surface area contributed by atoms with Crippen molar-refractivity contribution in [1.82, 2.24) is 0 Å². The molecule has 0 aromatic heterocycles. The van der Waals surface area contributed by atoms with Gasteiger partial charge in [-0.25, -0.2) is 4.57 Å². The first-order chi connectivity index (χ1) is 17.6. The summed E-state index contributed by atoms with van der Waals surface area (Å²) in [7, 11) is 1.67. The van der Waals surface area contributed by atoms with Gasteiger partial charge in [-0.2, -0.15) is 0 Å². The number of hydrogen-bond donors (Lipinski definition) is 1. The molecule has 37 heavy (non-hydrogen) atoms. The van der Waals surface area contributed by atoms with Crippen molar-refractivity contribution in [3.05, 3.63) is 0 Å². The molecule has 0 heterocycles. The van der Waals surface area contributed by atoms with E-state index in [0.29, 0.717) is 24.1 Å². The summed E-state index contributed by atoms with van der Waals surface area (Å²) in [6, 6.07) is 0. The zero-order valence-corrected chi connectivity index (χ0v) is 25.6. The minimum absolute atomic E-state index is 0.0905. The molecule has 0 rings (SSSR count). The second kappa shape index (κ2) is 23.4. The van der Waals surface area contributed by atoms with E-state index in [2.05, 4.69) is 6.92 Å². The maximum Gasteiger partial charge on any atom is 0.472 e. The first-order valence-electron chi connectivity index (χ1n) is 14.8. The van der Waals surface area contributed by atoms with E-state index >= 15 is 0 Å². The Labute approximate surface area is 228 Å². The van der Waals surface area contributed by atoms with Gasteiger partial charge in [-0.05, 0) is 12.8 Å². The Hall–Kier alpha value is -0.500. The highest BCUT2D eigenvalue weighted by molar-refractivity contribution is 7.47. The molecule has 0 saturated carbocycles. The molecule has 8 nitrogen and oxygen atoms in total. The van der Waals surface area contributed by atoms with Crippen molar-refractivity contribution in [3.63, 3.8) is 0 Å². The molecule has 0 saturated heterocycles. The number of unbranched alkanes of at least 4 members (excludes halogenated alkanes) is 13. The highest BCUT2D eigenvalue weighted by Crippen LogP contribution is 2.43. The van der Waals surface area contributed by atoms with Gasteiger partial charge in [0, 0.05) is 13.0 Å². The summed E-state index contributed by atoms with van der Waals surface area (Å²) in [6.45, 7) is 5.26. The fourth-order valence-electron chi connectivity index (χ4n) is 3.82. The molecular formula is C28H59NO7P+. The largest absolute Gasteiger partial charge is 0.472 e. The molecule has 0 spiro atoms. The van der Waals surface area contributed by atoms with Crippen LogP contribution in [0, 0.1) is 0 Å². The number of phosphoric ester groups is 1. The smallest absolute Gasteiger partial charge is 0.457 e. The standard InChI is InChI=1S/C28H58NO7P/c1-6-8-9-10-11-12-13-14-15-16-17-18-19-20-23-33-25-27(36-28(30)21-7-2)26-35-37(31,32)34-24-22-29(3,4)5/h27H,6-26H2,1-5H3/p+1. The number of carbonyl (C=O) groups is 1. The number of carbonyl (C=O) groups excluding carboxylic acids is 1. The fourth-order valence-corrected chi connectivity index (χ4v) is 4.56. The molecule has 0 aliphatic heterocycles. The lowest BCUT2D eigenvalue weighted by molar-refractivity contribution is -0.870. The van der Waals surface area contributed by atoms with Gasteiger partial charge >= 0.3 is 13.8 Å². The molecule has 2 unspecified atom stereocenters. The third-order valence-corrected chi connectivity index (χ3v) is 7.12. The highest BCUT2D eigenvalue weighted by atomic mass is 31.2. The minimum atomic E-state index is -4.22. The van der Waals surface area contributed by atoms with Crippen molar-refractivity contribution >= 4 is 13.8 Å². The molecule has 0 aromatic carbocycles. The molecule has 0 aliphatic carbocycles. The number of quaternary nitrogens is 1. The average Bonchev–Trinajstić information content (AvgIpc) is 2.81. The maximum absolute atomic E-state index is 12.2. The quantitative estimate of drug-likeness (QED) is 0.0506.